The number of carbonyl (C=O) groups excluding carboxylic acids is 1. The Balaban J connectivity index is 2.16. The van der Waals surface area contributed by atoms with Gasteiger partial charge in [0.1, 0.15) is 0 Å². The molecule has 4 heteroatoms. The first kappa shape index (κ1) is 15.8. The van der Waals surface area contributed by atoms with Crippen molar-refractivity contribution in [2.45, 2.75) is 59.4 Å². The number of aryl methyl sites for hydroxylation is 1. The number of aromatic nitrogens is 1. The van der Waals surface area contributed by atoms with E-state index in [2.05, 4.69) is 29.5 Å². The number of hydrogen-bond donors (Lipinski definition) is 2. The first-order valence-corrected chi connectivity index (χ1v) is 7.95. The van der Waals surface area contributed by atoms with Gasteiger partial charge in [0.25, 0.3) is 5.91 Å². The fourth-order valence-corrected chi connectivity index (χ4v) is 3.08. The molecule has 1 amide bonds. The van der Waals surface area contributed by atoms with Crippen LogP contribution in [0.3, 0.4) is 0 Å². The molecule has 1 saturated carbocycles. The van der Waals surface area contributed by atoms with E-state index in [0.717, 1.165) is 24.3 Å². The maximum absolute atomic E-state index is 12.6. The van der Waals surface area contributed by atoms with Crippen LogP contribution in [0.1, 0.15) is 62.5 Å². The highest BCUT2D eigenvalue weighted by Gasteiger charge is 2.33. The third-order valence-electron chi connectivity index (χ3n) is 4.47. The minimum absolute atomic E-state index is 0.0153. The van der Waals surface area contributed by atoms with Gasteiger partial charge < -0.3 is 10.6 Å². The molecule has 21 heavy (non-hydrogen) atoms. The predicted molar refractivity (Wildman–Crippen MR) is 86.6 cm³/mol. The lowest BCUT2D eigenvalue weighted by Crippen LogP contribution is -2.47. The van der Waals surface area contributed by atoms with E-state index in [-0.39, 0.29) is 17.4 Å². The van der Waals surface area contributed by atoms with Gasteiger partial charge in [0.2, 0.25) is 0 Å². The number of amides is 1. The molecule has 2 rings (SSSR count). The van der Waals surface area contributed by atoms with Crippen molar-refractivity contribution in [3.63, 3.8) is 0 Å². The second-order valence-corrected chi connectivity index (χ2v) is 6.66. The van der Waals surface area contributed by atoms with E-state index in [1.165, 1.54) is 19.3 Å². The molecule has 0 bridgehead atoms. The van der Waals surface area contributed by atoms with E-state index in [9.17, 15) is 4.79 Å². The molecule has 1 aromatic rings. The molecule has 0 aliphatic heterocycles. The maximum Gasteiger partial charge on any atom is 0.255 e. The monoisotopic (exact) mass is 289 g/mol. The van der Waals surface area contributed by atoms with Crippen LogP contribution in [-0.4, -0.2) is 23.5 Å². The van der Waals surface area contributed by atoms with Crippen molar-refractivity contribution in [3.05, 3.63) is 23.5 Å². The van der Waals surface area contributed by atoms with Crippen LogP contribution in [0, 0.1) is 12.3 Å². The minimum Gasteiger partial charge on any atom is -0.385 e. The molecule has 1 heterocycles. The lowest BCUT2D eigenvalue weighted by atomic mass is 9.73. The van der Waals surface area contributed by atoms with E-state index in [1.807, 2.05) is 19.9 Å². The summed E-state index contributed by atoms with van der Waals surface area (Å²) in [5, 5.41) is 6.48. The minimum atomic E-state index is -0.0153. The van der Waals surface area contributed by atoms with Gasteiger partial charge in [-0.3, -0.25) is 9.78 Å². The molecule has 1 fully saturated rings. The van der Waals surface area contributed by atoms with E-state index in [1.54, 1.807) is 6.20 Å². The van der Waals surface area contributed by atoms with Gasteiger partial charge in [0.15, 0.2) is 0 Å². The number of rotatable bonds is 4. The zero-order chi connectivity index (χ0) is 15.5. The molecule has 4 nitrogen and oxygen atoms in total. The SMILES string of the molecule is CCNc1cc(C)ncc1C(=O)NC1CCCCC1(C)C. The summed E-state index contributed by atoms with van der Waals surface area (Å²) in [5.41, 5.74) is 2.60. The van der Waals surface area contributed by atoms with Gasteiger partial charge in [-0.15, -0.1) is 0 Å². The Kier molecular flexibility index (Phi) is 4.86. The van der Waals surface area contributed by atoms with Gasteiger partial charge in [-0.2, -0.15) is 0 Å². The Labute approximate surface area is 127 Å². The highest BCUT2D eigenvalue weighted by atomic mass is 16.1. The highest BCUT2D eigenvalue weighted by molar-refractivity contribution is 5.99. The van der Waals surface area contributed by atoms with Crippen molar-refractivity contribution in [2.75, 3.05) is 11.9 Å². The molecular weight excluding hydrogens is 262 g/mol. The number of nitrogens with one attached hydrogen (secondary N) is 2. The van der Waals surface area contributed by atoms with Gasteiger partial charge in [-0.25, -0.2) is 0 Å². The summed E-state index contributed by atoms with van der Waals surface area (Å²) >= 11 is 0. The Morgan fingerprint density at radius 2 is 2.19 bits per heavy atom. The van der Waals surface area contributed by atoms with Gasteiger partial charge in [0, 0.05) is 24.5 Å². The normalized spacial score (nSPS) is 20.9. The molecule has 0 spiro atoms. The van der Waals surface area contributed by atoms with Crippen molar-refractivity contribution in [2.24, 2.45) is 5.41 Å². The summed E-state index contributed by atoms with van der Waals surface area (Å²) in [6.07, 6.45) is 6.37. The van der Waals surface area contributed by atoms with Crippen LogP contribution in [0.15, 0.2) is 12.3 Å². The Morgan fingerprint density at radius 3 is 2.86 bits per heavy atom. The molecule has 116 valence electrons. The highest BCUT2D eigenvalue weighted by Crippen LogP contribution is 2.35. The van der Waals surface area contributed by atoms with Crippen LogP contribution in [0.5, 0.6) is 0 Å². The number of carbonyl (C=O) groups is 1. The van der Waals surface area contributed by atoms with Crippen molar-refractivity contribution in [3.8, 4) is 0 Å². The fourth-order valence-electron chi connectivity index (χ4n) is 3.08. The lowest BCUT2D eigenvalue weighted by molar-refractivity contribution is 0.0854. The average Bonchev–Trinajstić information content (AvgIpc) is 2.41. The first-order valence-electron chi connectivity index (χ1n) is 7.95. The second kappa shape index (κ2) is 6.46. The van der Waals surface area contributed by atoms with Crippen LogP contribution >= 0.6 is 0 Å². The molecule has 1 aromatic heterocycles. The van der Waals surface area contributed by atoms with Crippen LogP contribution in [0.4, 0.5) is 5.69 Å². The van der Waals surface area contributed by atoms with Crippen LogP contribution < -0.4 is 10.6 Å². The predicted octanol–water partition coefficient (Wildman–Crippen LogP) is 3.52. The summed E-state index contributed by atoms with van der Waals surface area (Å²) in [7, 11) is 0. The summed E-state index contributed by atoms with van der Waals surface area (Å²) < 4.78 is 0. The Bertz CT molecular complexity index is 511. The largest absolute Gasteiger partial charge is 0.385 e. The molecule has 2 N–H and O–H groups in total. The fraction of sp³-hybridized carbons (Fsp3) is 0.647. The van der Waals surface area contributed by atoms with Crippen molar-refractivity contribution in [1.29, 1.82) is 0 Å². The second-order valence-electron chi connectivity index (χ2n) is 6.66. The maximum atomic E-state index is 12.6. The molecular formula is C17H27N3O. The molecule has 1 atom stereocenters. The Hall–Kier alpha value is -1.58. The van der Waals surface area contributed by atoms with Crippen LogP contribution in [-0.2, 0) is 0 Å². The standard InChI is InChI=1S/C17H27N3O/c1-5-18-14-10-12(2)19-11-13(14)16(21)20-15-8-6-7-9-17(15,3)4/h10-11,15H,5-9H2,1-4H3,(H,18,19)(H,20,21). The number of anilines is 1. The van der Waals surface area contributed by atoms with Crippen molar-refractivity contribution >= 4 is 11.6 Å². The summed E-state index contributed by atoms with van der Waals surface area (Å²) in [5.74, 6) is -0.0153. The summed E-state index contributed by atoms with van der Waals surface area (Å²) in [6, 6.07) is 2.18. The van der Waals surface area contributed by atoms with E-state index < -0.39 is 0 Å². The van der Waals surface area contributed by atoms with Crippen LogP contribution in [0.25, 0.3) is 0 Å². The van der Waals surface area contributed by atoms with Gasteiger partial charge in [-0.1, -0.05) is 26.7 Å². The average molecular weight is 289 g/mol. The Morgan fingerprint density at radius 1 is 1.43 bits per heavy atom. The first-order chi connectivity index (χ1) is 9.94. The van der Waals surface area contributed by atoms with Crippen LogP contribution in [0.2, 0.25) is 0 Å². The smallest absolute Gasteiger partial charge is 0.255 e. The topological polar surface area (TPSA) is 54.0 Å². The van der Waals surface area contributed by atoms with E-state index in [0.29, 0.717) is 5.56 Å². The third kappa shape index (κ3) is 3.74. The molecule has 1 unspecified atom stereocenters. The quantitative estimate of drug-likeness (QED) is 0.891. The van der Waals surface area contributed by atoms with Gasteiger partial charge >= 0.3 is 0 Å². The lowest BCUT2D eigenvalue weighted by Gasteiger charge is -2.39. The van der Waals surface area contributed by atoms with Crippen molar-refractivity contribution < 1.29 is 4.79 Å². The molecule has 0 radical (unpaired) electrons. The number of hydrogen-bond acceptors (Lipinski definition) is 3. The molecule has 1 aliphatic rings. The molecule has 0 aromatic carbocycles. The number of nitrogens with zero attached hydrogens (tertiary/aromatic N) is 1. The van der Waals surface area contributed by atoms with Gasteiger partial charge in [0.05, 0.1) is 11.3 Å². The zero-order valence-electron chi connectivity index (χ0n) is 13.6. The van der Waals surface area contributed by atoms with Gasteiger partial charge in [-0.05, 0) is 38.2 Å². The van der Waals surface area contributed by atoms with Crippen molar-refractivity contribution in [1.82, 2.24) is 10.3 Å². The molecule has 0 saturated heterocycles. The molecule has 1 aliphatic carbocycles. The van der Waals surface area contributed by atoms with E-state index in [4.69, 9.17) is 0 Å². The summed E-state index contributed by atoms with van der Waals surface area (Å²) in [4.78, 5) is 16.9. The number of pyridine rings is 1. The van der Waals surface area contributed by atoms with E-state index >= 15 is 0 Å². The third-order valence-corrected chi connectivity index (χ3v) is 4.47. The zero-order valence-corrected chi connectivity index (χ0v) is 13.6. The summed E-state index contributed by atoms with van der Waals surface area (Å²) in [6.45, 7) is 9.25.